The normalized spacial score (nSPS) is 16.0. The number of methoxy groups -OCH3 is 1. The van der Waals surface area contributed by atoms with Crippen molar-refractivity contribution in [3.05, 3.63) is 78.0 Å². The molecule has 1 aliphatic carbocycles. The summed E-state index contributed by atoms with van der Waals surface area (Å²) in [4.78, 5) is 13.2. The van der Waals surface area contributed by atoms with Gasteiger partial charge in [-0.3, -0.25) is 9.97 Å². The van der Waals surface area contributed by atoms with E-state index >= 15 is 0 Å². The minimum Gasteiger partial charge on any atom is -0.481 e. The molecule has 7 heteroatoms. The van der Waals surface area contributed by atoms with Crippen LogP contribution in [0.2, 0.25) is 0 Å². The molecule has 0 saturated carbocycles. The van der Waals surface area contributed by atoms with Gasteiger partial charge in [0.25, 0.3) is 0 Å². The quantitative estimate of drug-likeness (QED) is 0.523. The van der Waals surface area contributed by atoms with Gasteiger partial charge in [-0.2, -0.15) is 5.10 Å². The van der Waals surface area contributed by atoms with Crippen LogP contribution in [-0.4, -0.2) is 44.4 Å². The van der Waals surface area contributed by atoms with Crippen molar-refractivity contribution in [2.75, 3.05) is 13.7 Å². The van der Waals surface area contributed by atoms with E-state index in [0.29, 0.717) is 11.9 Å². The lowest BCUT2D eigenvalue weighted by Crippen LogP contribution is -2.34. The van der Waals surface area contributed by atoms with Crippen LogP contribution in [-0.2, 0) is 12.8 Å². The lowest BCUT2D eigenvalue weighted by Gasteiger charge is -2.21. The van der Waals surface area contributed by atoms with Gasteiger partial charge in [-0.1, -0.05) is 18.2 Å². The van der Waals surface area contributed by atoms with Crippen LogP contribution in [0.4, 0.5) is 0 Å². The van der Waals surface area contributed by atoms with Gasteiger partial charge < -0.3 is 10.1 Å². The minimum atomic E-state index is 0.441. The summed E-state index contributed by atoms with van der Waals surface area (Å²) in [5.41, 5.74) is 6.10. The number of rotatable bonds is 6. The molecule has 0 saturated heterocycles. The molecule has 1 N–H and O–H groups in total. The predicted octanol–water partition coefficient (Wildman–Crippen LogP) is 3.38. The highest BCUT2D eigenvalue weighted by Crippen LogP contribution is 2.25. The Balaban J connectivity index is 1.30. The Morgan fingerprint density at radius 3 is 3.06 bits per heavy atom. The zero-order valence-electron chi connectivity index (χ0n) is 17.4. The number of hydrogen-bond acceptors (Lipinski definition) is 6. The monoisotopic (exact) mass is 412 g/mol. The van der Waals surface area contributed by atoms with Crippen molar-refractivity contribution < 1.29 is 4.74 Å². The summed E-state index contributed by atoms with van der Waals surface area (Å²) in [6.07, 6.45) is 14.8. The lowest BCUT2D eigenvalue weighted by molar-refractivity contribution is 0.399. The van der Waals surface area contributed by atoms with E-state index in [1.807, 2.05) is 35.1 Å². The highest BCUT2D eigenvalue weighted by atomic mass is 16.5. The van der Waals surface area contributed by atoms with E-state index < -0.39 is 0 Å². The summed E-state index contributed by atoms with van der Waals surface area (Å²) in [6, 6.07) is 10.1. The number of nitrogens with zero attached hydrogens (tertiary/aromatic N) is 5. The number of nitrogens with one attached hydrogen (secondary N) is 1. The molecule has 0 spiro atoms. The Hall–Kier alpha value is -3.58. The first-order valence-corrected chi connectivity index (χ1v) is 10.5. The SMILES string of the molecule is COc1ccc2nccc(-n3cc4c(n3)CCC(NC/C=C/c3cccnc3)C4)c2n1. The molecule has 7 nitrogen and oxygen atoms in total. The fourth-order valence-electron chi connectivity index (χ4n) is 4.00. The van der Waals surface area contributed by atoms with Gasteiger partial charge in [-0.05, 0) is 48.6 Å². The molecule has 1 unspecified atom stereocenters. The molecule has 0 amide bonds. The Labute approximate surface area is 180 Å². The zero-order chi connectivity index (χ0) is 21.0. The molecule has 4 heterocycles. The maximum absolute atomic E-state index is 5.30. The Morgan fingerprint density at radius 1 is 1.23 bits per heavy atom. The lowest BCUT2D eigenvalue weighted by atomic mass is 9.93. The standard InChI is InChI=1S/C24H24N6O/c1-31-23-9-8-21-24(28-23)22(10-13-27-21)30-16-18-14-19(6-7-20(18)29-30)26-12-3-5-17-4-2-11-25-15-17/h2-5,8-11,13,15-16,19,26H,6-7,12,14H2,1H3/b5-3+. The van der Waals surface area contributed by atoms with E-state index in [1.54, 1.807) is 19.5 Å². The summed E-state index contributed by atoms with van der Waals surface area (Å²) < 4.78 is 7.23. The molecule has 0 bridgehead atoms. The molecule has 156 valence electrons. The molecule has 0 fully saturated rings. The molecule has 0 aliphatic heterocycles. The smallest absolute Gasteiger partial charge is 0.213 e. The average Bonchev–Trinajstić information content (AvgIpc) is 3.25. The summed E-state index contributed by atoms with van der Waals surface area (Å²) >= 11 is 0. The number of ether oxygens (including phenoxy) is 1. The molecule has 31 heavy (non-hydrogen) atoms. The second kappa shape index (κ2) is 8.65. The third-order valence-electron chi connectivity index (χ3n) is 5.59. The molecule has 4 aromatic heterocycles. The van der Waals surface area contributed by atoms with Gasteiger partial charge in [0, 0.05) is 43.4 Å². The van der Waals surface area contributed by atoms with Crippen molar-refractivity contribution >= 4 is 17.1 Å². The molecule has 5 rings (SSSR count). The van der Waals surface area contributed by atoms with E-state index in [1.165, 1.54) is 5.56 Å². The number of aryl methyl sites for hydroxylation is 1. The Kier molecular flexibility index (Phi) is 5.41. The van der Waals surface area contributed by atoms with Crippen molar-refractivity contribution in [2.45, 2.75) is 25.3 Å². The summed E-state index contributed by atoms with van der Waals surface area (Å²) in [5.74, 6) is 0.572. The van der Waals surface area contributed by atoms with Crippen LogP contribution in [0.15, 0.2) is 61.2 Å². The first kappa shape index (κ1) is 19.4. The molecular formula is C24H24N6O. The molecule has 0 radical (unpaired) electrons. The fourth-order valence-corrected chi connectivity index (χ4v) is 4.00. The molecule has 1 aliphatic rings. The van der Waals surface area contributed by atoms with Gasteiger partial charge in [0.15, 0.2) is 0 Å². The fraction of sp³-hybridized carbons (Fsp3) is 0.250. The summed E-state index contributed by atoms with van der Waals surface area (Å²) in [7, 11) is 1.62. The van der Waals surface area contributed by atoms with Crippen molar-refractivity contribution in [3.8, 4) is 11.6 Å². The van der Waals surface area contributed by atoms with Crippen LogP contribution in [0.3, 0.4) is 0 Å². The molecule has 4 aromatic rings. The second-order valence-electron chi connectivity index (χ2n) is 7.63. The summed E-state index contributed by atoms with van der Waals surface area (Å²) in [5, 5.41) is 8.50. The Morgan fingerprint density at radius 2 is 2.19 bits per heavy atom. The van der Waals surface area contributed by atoms with Gasteiger partial charge in [0.1, 0.15) is 5.52 Å². The number of pyridine rings is 3. The van der Waals surface area contributed by atoms with E-state index in [9.17, 15) is 0 Å². The van der Waals surface area contributed by atoms with Gasteiger partial charge in [-0.15, -0.1) is 0 Å². The van der Waals surface area contributed by atoms with E-state index in [0.717, 1.165) is 53.8 Å². The van der Waals surface area contributed by atoms with Gasteiger partial charge >= 0.3 is 0 Å². The summed E-state index contributed by atoms with van der Waals surface area (Å²) in [6.45, 7) is 0.835. The highest BCUT2D eigenvalue weighted by molar-refractivity contribution is 5.83. The second-order valence-corrected chi connectivity index (χ2v) is 7.63. The maximum atomic E-state index is 5.30. The van der Waals surface area contributed by atoms with E-state index in [4.69, 9.17) is 9.84 Å². The third kappa shape index (κ3) is 4.18. The molecular weight excluding hydrogens is 388 g/mol. The van der Waals surface area contributed by atoms with Crippen molar-refractivity contribution in [1.29, 1.82) is 0 Å². The van der Waals surface area contributed by atoms with Crippen molar-refractivity contribution in [2.24, 2.45) is 0 Å². The first-order valence-electron chi connectivity index (χ1n) is 10.5. The van der Waals surface area contributed by atoms with Crippen LogP contribution in [0.25, 0.3) is 22.8 Å². The average molecular weight is 412 g/mol. The molecule has 0 aromatic carbocycles. The third-order valence-corrected chi connectivity index (χ3v) is 5.59. The van der Waals surface area contributed by atoms with Crippen molar-refractivity contribution in [1.82, 2.24) is 30.0 Å². The minimum absolute atomic E-state index is 0.441. The number of fused-ring (bicyclic) bond motifs is 2. The van der Waals surface area contributed by atoms with Gasteiger partial charge in [0.2, 0.25) is 5.88 Å². The highest BCUT2D eigenvalue weighted by Gasteiger charge is 2.22. The van der Waals surface area contributed by atoms with Crippen LogP contribution in [0.1, 0.15) is 23.2 Å². The first-order chi connectivity index (χ1) is 15.3. The van der Waals surface area contributed by atoms with Crippen LogP contribution < -0.4 is 10.1 Å². The number of hydrogen-bond donors (Lipinski definition) is 1. The van der Waals surface area contributed by atoms with Crippen LogP contribution in [0.5, 0.6) is 5.88 Å². The van der Waals surface area contributed by atoms with Gasteiger partial charge in [-0.25, -0.2) is 9.67 Å². The van der Waals surface area contributed by atoms with E-state index in [2.05, 4.69) is 44.7 Å². The zero-order valence-corrected chi connectivity index (χ0v) is 17.4. The van der Waals surface area contributed by atoms with E-state index in [-0.39, 0.29) is 0 Å². The Bertz CT molecular complexity index is 1220. The topological polar surface area (TPSA) is 77.8 Å². The van der Waals surface area contributed by atoms with Gasteiger partial charge in [0.05, 0.1) is 24.0 Å². The maximum Gasteiger partial charge on any atom is 0.213 e. The number of aromatic nitrogens is 5. The van der Waals surface area contributed by atoms with Crippen LogP contribution >= 0.6 is 0 Å². The largest absolute Gasteiger partial charge is 0.481 e. The van der Waals surface area contributed by atoms with Crippen LogP contribution in [0, 0.1) is 0 Å². The van der Waals surface area contributed by atoms with Crippen molar-refractivity contribution in [3.63, 3.8) is 0 Å². The predicted molar refractivity (Wildman–Crippen MR) is 120 cm³/mol. The molecule has 1 atom stereocenters.